The first-order chi connectivity index (χ1) is 18.7. The summed E-state index contributed by atoms with van der Waals surface area (Å²) in [5.41, 5.74) is -2.38. The summed E-state index contributed by atoms with van der Waals surface area (Å²) < 4.78 is 89.7. The first-order valence-corrected chi connectivity index (χ1v) is 12.1. The van der Waals surface area contributed by atoms with Crippen molar-refractivity contribution < 1.29 is 40.7 Å². The van der Waals surface area contributed by atoms with Crippen LogP contribution in [0.2, 0.25) is 0 Å². The molecule has 5 rings (SSSR count). The Morgan fingerprint density at radius 2 is 1.90 bits per heavy atom. The fraction of sp³-hybridized carbons (Fsp3) is 0.458. The number of rotatable bonds is 5. The molecule has 0 aromatic carbocycles. The van der Waals surface area contributed by atoms with Crippen LogP contribution in [0.4, 0.5) is 26.3 Å². The van der Waals surface area contributed by atoms with Crippen LogP contribution in [0.15, 0.2) is 24.7 Å². The van der Waals surface area contributed by atoms with Gasteiger partial charge in [0.25, 0.3) is 5.91 Å². The van der Waals surface area contributed by atoms with Crippen molar-refractivity contribution in [3.05, 3.63) is 41.3 Å². The molecule has 1 aliphatic carbocycles. The number of nitrogens with one attached hydrogen (secondary N) is 2. The second-order valence-electron chi connectivity index (χ2n) is 9.87. The summed E-state index contributed by atoms with van der Waals surface area (Å²) in [6, 6.07) is 0.820. The standard InChI is InChI=1S/C24H23F6N7O3/c1-35-10-33-37-17(4-14(24(28,29)30)18(37)19(35)31)11-3-13(21(40-2)32-7-11)20(38)34-16-9-36(8-15(16)25)22(39)12-5-23(26,27)6-12/h3-4,7,10,12,15-16,31H,5-6,8-9H2,1-2H3,(H,34,38)/t15-,16+/m0/s1. The molecule has 3 aromatic heterocycles. The molecule has 2 atom stereocenters. The summed E-state index contributed by atoms with van der Waals surface area (Å²) >= 11 is 0. The highest BCUT2D eigenvalue weighted by molar-refractivity contribution is 5.98. The van der Waals surface area contributed by atoms with Crippen LogP contribution in [0, 0.1) is 11.3 Å². The van der Waals surface area contributed by atoms with Crippen LogP contribution in [-0.2, 0) is 18.0 Å². The Kier molecular flexibility index (Phi) is 6.53. The monoisotopic (exact) mass is 571 g/mol. The third kappa shape index (κ3) is 4.75. The Labute approximate surface area is 222 Å². The van der Waals surface area contributed by atoms with Crippen molar-refractivity contribution in [3.8, 4) is 17.1 Å². The Morgan fingerprint density at radius 1 is 1.20 bits per heavy atom. The molecular formula is C24H23F6N7O3. The molecule has 1 saturated heterocycles. The van der Waals surface area contributed by atoms with E-state index in [4.69, 9.17) is 10.1 Å². The molecule has 2 N–H and O–H groups in total. The van der Waals surface area contributed by atoms with E-state index in [9.17, 15) is 35.9 Å². The molecule has 16 heteroatoms. The van der Waals surface area contributed by atoms with Crippen LogP contribution >= 0.6 is 0 Å². The van der Waals surface area contributed by atoms with E-state index in [2.05, 4.69) is 15.4 Å². The average Bonchev–Trinajstić information content (AvgIpc) is 3.45. The van der Waals surface area contributed by atoms with Gasteiger partial charge < -0.3 is 19.5 Å². The van der Waals surface area contributed by atoms with Gasteiger partial charge in [0.1, 0.15) is 23.6 Å². The van der Waals surface area contributed by atoms with Gasteiger partial charge in [-0.05, 0) is 12.1 Å². The number of nitrogens with zero attached hydrogens (tertiary/aromatic N) is 5. The van der Waals surface area contributed by atoms with Crippen molar-refractivity contribution in [3.63, 3.8) is 0 Å². The van der Waals surface area contributed by atoms with Crippen molar-refractivity contribution in [2.24, 2.45) is 13.0 Å². The number of alkyl halides is 6. The molecule has 0 spiro atoms. The summed E-state index contributed by atoms with van der Waals surface area (Å²) in [6.45, 7) is -0.620. The van der Waals surface area contributed by atoms with Gasteiger partial charge in [0.05, 0.1) is 31.0 Å². The fourth-order valence-electron chi connectivity index (χ4n) is 4.96. The number of amides is 2. The Morgan fingerprint density at radius 3 is 2.52 bits per heavy atom. The SMILES string of the molecule is COc1ncc(-c2cc(C(F)(F)F)c3c(=N)n(C)cnn23)cc1C(=O)N[C@@H]1CN(C(=O)C2CC(F)(F)C2)C[C@@H]1F. The number of hydrogen-bond donors (Lipinski definition) is 2. The number of carbonyl (C=O) groups is 2. The van der Waals surface area contributed by atoms with Gasteiger partial charge in [-0.1, -0.05) is 0 Å². The van der Waals surface area contributed by atoms with Crippen LogP contribution < -0.4 is 15.5 Å². The molecule has 4 heterocycles. The van der Waals surface area contributed by atoms with Gasteiger partial charge in [-0.15, -0.1) is 0 Å². The Bertz CT molecular complexity index is 1560. The van der Waals surface area contributed by atoms with Crippen molar-refractivity contribution >= 4 is 17.3 Å². The first-order valence-electron chi connectivity index (χ1n) is 12.1. The maximum absolute atomic E-state index is 14.8. The summed E-state index contributed by atoms with van der Waals surface area (Å²) in [5.74, 6) is -5.51. The highest BCUT2D eigenvalue weighted by atomic mass is 19.4. The zero-order valence-corrected chi connectivity index (χ0v) is 21.1. The molecule has 1 aliphatic heterocycles. The fourth-order valence-corrected chi connectivity index (χ4v) is 4.96. The van der Waals surface area contributed by atoms with Crippen molar-refractivity contribution in [2.45, 2.75) is 37.2 Å². The molecule has 0 unspecified atom stereocenters. The van der Waals surface area contributed by atoms with Gasteiger partial charge in [0.15, 0.2) is 5.49 Å². The topological polar surface area (TPSA) is 118 Å². The van der Waals surface area contributed by atoms with Gasteiger partial charge in [-0.2, -0.15) is 18.3 Å². The molecule has 2 fully saturated rings. The first kappa shape index (κ1) is 27.5. The highest BCUT2D eigenvalue weighted by Gasteiger charge is 2.51. The predicted octanol–water partition coefficient (Wildman–Crippen LogP) is 2.57. The lowest BCUT2D eigenvalue weighted by Gasteiger charge is -2.36. The summed E-state index contributed by atoms with van der Waals surface area (Å²) in [7, 11) is 2.58. The lowest BCUT2D eigenvalue weighted by molar-refractivity contribution is -0.159. The molecule has 214 valence electrons. The van der Waals surface area contributed by atoms with Gasteiger partial charge in [0, 0.05) is 44.1 Å². The summed E-state index contributed by atoms with van der Waals surface area (Å²) in [5, 5.41) is 14.5. The number of methoxy groups -OCH3 is 1. The van der Waals surface area contributed by atoms with Gasteiger partial charge in [-0.25, -0.2) is 22.7 Å². The molecule has 2 aliphatic rings. The van der Waals surface area contributed by atoms with E-state index >= 15 is 0 Å². The summed E-state index contributed by atoms with van der Waals surface area (Å²) in [4.78, 5) is 30.7. The Balaban J connectivity index is 1.43. The Hall–Kier alpha value is -4.11. The number of pyridine rings is 1. The molecular weight excluding hydrogens is 548 g/mol. The normalized spacial score (nSPS) is 20.9. The van der Waals surface area contributed by atoms with Crippen LogP contribution in [0.25, 0.3) is 16.8 Å². The number of aromatic nitrogens is 4. The van der Waals surface area contributed by atoms with Crippen molar-refractivity contribution in [2.75, 3.05) is 20.2 Å². The van der Waals surface area contributed by atoms with E-state index in [-0.39, 0.29) is 35.8 Å². The van der Waals surface area contributed by atoms with Crippen molar-refractivity contribution in [1.29, 1.82) is 5.41 Å². The minimum atomic E-state index is -4.81. The lowest BCUT2D eigenvalue weighted by Crippen LogP contribution is -2.47. The zero-order chi connectivity index (χ0) is 29.1. The number of aryl methyl sites for hydroxylation is 1. The van der Waals surface area contributed by atoms with E-state index < -0.39 is 71.5 Å². The van der Waals surface area contributed by atoms with Gasteiger partial charge in [-0.3, -0.25) is 15.0 Å². The van der Waals surface area contributed by atoms with E-state index in [1.54, 1.807) is 0 Å². The molecule has 3 aromatic rings. The van der Waals surface area contributed by atoms with Crippen LogP contribution in [0.1, 0.15) is 28.8 Å². The molecule has 0 radical (unpaired) electrons. The van der Waals surface area contributed by atoms with E-state index in [0.29, 0.717) is 0 Å². The summed E-state index contributed by atoms with van der Waals surface area (Å²) in [6.07, 6.45) is -5.38. The molecule has 1 saturated carbocycles. The van der Waals surface area contributed by atoms with E-state index in [1.807, 2.05) is 0 Å². The third-order valence-electron chi connectivity index (χ3n) is 7.10. The molecule has 40 heavy (non-hydrogen) atoms. The van der Waals surface area contributed by atoms with Crippen LogP contribution in [0.5, 0.6) is 5.88 Å². The second-order valence-corrected chi connectivity index (χ2v) is 9.87. The third-order valence-corrected chi connectivity index (χ3v) is 7.10. The average molecular weight is 571 g/mol. The molecule has 10 nitrogen and oxygen atoms in total. The smallest absolute Gasteiger partial charge is 0.418 e. The minimum Gasteiger partial charge on any atom is -0.480 e. The number of likely N-dealkylation sites (tertiary alicyclic amines) is 1. The molecule has 0 bridgehead atoms. The van der Waals surface area contributed by atoms with Crippen LogP contribution in [-0.4, -0.2) is 74.2 Å². The lowest BCUT2D eigenvalue weighted by atomic mass is 9.80. The van der Waals surface area contributed by atoms with Crippen molar-refractivity contribution in [1.82, 2.24) is 29.4 Å². The number of carbonyl (C=O) groups excluding carboxylic acids is 2. The quantitative estimate of drug-likeness (QED) is 0.457. The van der Waals surface area contributed by atoms with Gasteiger partial charge in [0.2, 0.25) is 17.7 Å². The second kappa shape index (κ2) is 9.52. The number of fused-ring (bicyclic) bond motifs is 1. The maximum Gasteiger partial charge on any atom is 0.418 e. The van der Waals surface area contributed by atoms with Gasteiger partial charge >= 0.3 is 6.18 Å². The largest absolute Gasteiger partial charge is 0.480 e. The van der Waals surface area contributed by atoms with Crippen LogP contribution in [0.3, 0.4) is 0 Å². The van der Waals surface area contributed by atoms with E-state index in [1.165, 1.54) is 20.2 Å². The highest BCUT2D eigenvalue weighted by Crippen LogP contribution is 2.43. The number of ether oxygens (including phenoxy) is 1. The zero-order valence-electron chi connectivity index (χ0n) is 21.1. The minimum absolute atomic E-state index is 0.0307. The molecule has 2 amide bonds. The number of hydrogen-bond acceptors (Lipinski definition) is 6. The predicted molar refractivity (Wildman–Crippen MR) is 125 cm³/mol. The van der Waals surface area contributed by atoms with E-state index in [0.717, 1.165) is 32.6 Å². The maximum atomic E-state index is 14.8. The number of halogens is 6.